The first-order valence-corrected chi connectivity index (χ1v) is 23.0. The van der Waals surface area contributed by atoms with E-state index in [1.54, 1.807) is 0 Å². The van der Waals surface area contributed by atoms with Gasteiger partial charge in [-0.2, -0.15) is 0 Å². The number of benzene rings is 11. The molecule has 0 aliphatic carbocycles. The molecule has 0 saturated carbocycles. The Bertz CT molecular complexity index is 3970. The van der Waals surface area contributed by atoms with Crippen molar-refractivity contribution in [3.05, 3.63) is 263 Å². The summed E-state index contributed by atoms with van der Waals surface area (Å²) in [6, 6.07) is 83.6. The first-order valence-electron chi connectivity index (χ1n) is 23.0. The average molecular weight is 869 g/mol. The van der Waals surface area contributed by atoms with Gasteiger partial charge < -0.3 is 0 Å². The first-order chi connectivity index (χ1) is 33.6. The van der Waals surface area contributed by atoms with Crippen LogP contribution in [0.3, 0.4) is 0 Å². The second-order valence-electron chi connectivity index (χ2n) is 17.5. The fraction of sp³-hybridized carbons (Fsp3) is 0. The summed E-state index contributed by atoms with van der Waals surface area (Å²) >= 11 is 0. The summed E-state index contributed by atoms with van der Waals surface area (Å²) in [5, 5.41) is 9.69. The quantitative estimate of drug-likeness (QED) is 0.123. The van der Waals surface area contributed by atoms with Crippen molar-refractivity contribution in [2.75, 3.05) is 0 Å². The Morgan fingerprint density at radius 3 is 0.926 bits per heavy atom. The largest absolute Gasteiger partial charge is 0.276 e. The molecule has 13 aromatic rings. The number of rotatable bonds is 6. The van der Waals surface area contributed by atoms with Crippen LogP contribution < -0.4 is 11.1 Å². The minimum Gasteiger partial charge on any atom is -0.276 e. The summed E-state index contributed by atoms with van der Waals surface area (Å²) < 4.78 is 3.74. The van der Waals surface area contributed by atoms with Gasteiger partial charge in [0.1, 0.15) is 0 Å². The second-order valence-corrected chi connectivity index (χ2v) is 17.5. The normalized spacial score (nSPS) is 11.6. The molecule has 0 unspecified atom stereocenters. The van der Waals surface area contributed by atoms with E-state index in [2.05, 4.69) is 146 Å². The zero-order valence-electron chi connectivity index (χ0n) is 36.8. The molecule has 0 amide bonds. The van der Waals surface area contributed by atoms with Gasteiger partial charge in [-0.05, 0) is 137 Å². The van der Waals surface area contributed by atoms with Crippen LogP contribution in [0.1, 0.15) is 0 Å². The van der Waals surface area contributed by atoms with Crippen molar-refractivity contribution in [3.8, 4) is 55.9 Å². The van der Waals surface area contributed by atoms with E-state index in [1.165, 1.54) is 0 Å². The van der Waals surface area contributed by atoms with Crippen molar-refractivity contribution in [2.45, 2.75) is 0 Å². The Morgan fingerprint density at radius 1 is 0.221 bits per heavy atom. The van der Waals surface area contributed by atoms with Crippen LogP contribution in [-0.4, -0.2) is 9.13 Å². The Labute approximate surface area is 391 Å². The third kappa shape index (κ3) is 6.23. The Balaban J connectivity index is 1.03. The lowest BCUT2D eigenvalue weighted by molar-refractivity contribution is 1.06. The maximum absolute atomic E-state index is 14.5. The molecule has 0 bridgehead atoms. The van der Waals surface area contributed by atoms with E-state index in [0.29, 0.717) is 10.8 Å². The molecule has 0 radical (unpaired) electrons. The number of aromatic nitrogens is 2. The van der Waals surface area contributed by atoms with E-state index < -0.39 is 0 Å². The van der Waals surface area contributed by atoms with Crippen molar-refractivity contribution in [3.63, 3.8) is 0 Å². The maximum atomic E-state index is 14.5. The van der Waals surface area contributed by atoms with Gasteiger partial charge in [0.25, 0.3) is 11.1 Å². The molecule has 2 heterocycles. The minimum atomic E-state index is -0.0489. The summed E-state index contributed by atoms with van der Waals surface area (Å²) in [5.41, 5.74) is 11.9. The third-order valence-electron chi connectivity index (χ3n) is 13.7. The van der Waals surface area contributed by atoms with Crippen molar-refractivity contribution in [1.29, 1.82) is 0 Å². The molecule has 68 heavy (non-hydrogen) atoms. The van der Waals surface area contributed by atoms with Crippen molar-refractivity contribution in [2.24, 2.45) is 0 Å². The highest BCUT2D eigenvalue weighted by atomic mass is 16.1. The van der Waals surface area contributed by atoms with Gasteiger partial charge in [-0.3, -0.25) is 18.7 Å². The Kier molecular flexibility index (Phi) is 9.12. The molecular weight excluding hydrogens is 829 g/mol. The molecule has 0 N–H and O–H groups in total. The van der Waals surface area contributed by atoms with Gasteiger partial charge in [-0.25, -0.2) is 0 Å². The standard InChI is InChI=1S/C64H40N2O2/c67-63-55-31-13-7-25-49(55)57-39-45(33-35-59(57)65(63)47-23-15-21-43(37-47)41-17-3-1-4-18-41)61-51-27-9-11-29-53(51)62(54-30-12-10-28-52(54)61)46-34-36-60-58(40-46)50-26-8-14-32-56(50)64(68)66(60)48-24-16-22-44(38-48)42-19-5-2-6-20-42/h1-40H. The predicted octanol–water partition coefficient (Wildman–Crippen LogP) is 15.6. The number of hydrogen-bond donors (Lipinski definition) is 0. The Morgan fingerprint density at radius 2 is 0.544 bits per heavy atom. The molecule has 2 aromatic heterocycles. The lowest BCUT2D eigenvalue weighted by Crippen LogP contribution is -2.19. The van der Waals surface area contributed by atoms with Gasteiger partial charge in [0, 0.05) is 32.9 Å². The van der Waals surface area contributed by atoms with Crippen LogP contribution in [0.2, 0.25) is 0 Å². The molecule has 0 saturated heterocycles. The molecule has 4 nitrogen and oxygen atoms in total. The lowest BCUT2D eigenvalue weighted by atomic mass is 9.85. The molecule has 0 aliphatic heterocycles. The summed E-state index contributed by atoms with van der Waals surface area (Å²) in [6.45, 7) is 0. The highest BCUT2D eigenvalue weighted by Gasteiger charge is 2.21. The highest BCUT2D eigenvalue weighted by Crippen LogP contribution is 2.45. The van der Waals surface area contributed by atoms with Gasteiger partial charge in [-0.1, -0.05) is 182 Å². The van der Waals surface area contributed by atoms with Crippen LogP contribution in [0.25, 0.3) is 121 Å². The van der Waals surface area contributed by atoms with E-state index >= 15 is 0 Å². The van der Waals surface area contributed by atoms with Gasteiger partial charge in [0.05, 0.1) is 11.0 Å². The number of pyridine rings is 2. The monoisotopic (exact) mass is 868 g/mol. The average Bonchev–Trinajstić information content (AvgIpc) is 3.41. The van der Waals surface area contributed by atoms with Crippen LogP contribution in [0, 0.1) is 0 Å². The number of fused-ring (bicyclic) bond motifs is 8. The Hall–Kier alpha value is -9.12. The molecule has 11 aromatic carbocycles. The van der Waals surface area contributed by atoms with Crippen LogP contribution in [0.15, 0.2) is 252 Å². The van der Waals surface area contributed by atoms with E-state index in [0.717, 1.165) is 110 Å². The molecule has 0 fully saturated rings. The summed E-state index contributed by atoms with van der Waals surface area (Å²) in [6.07, 6.45) is 0. The third-order valence-corrected chi connectivity index (χ3v) is 13.7. The molecule has 0 atom stereocenters. The maximum Gasteiger partial charge on any atom is 0.263 e. The van der Waals surface area contributed by atoms with Crippen molar-refractivity contribution in [1.82, 2.24) is 9.13 Å². The lowest BCUT2D eigenvalue weighted by Gasteiger charge is -2.20. The summed E-state index contributed by atoms with van der Waals surface area (Å²) in [7, 11) is 0. The molecule has 318 valence electrons. The molecule has 4 heteroatoms. The van der Waals surface area contributed by atoms with E-state index in [4.69, 9.17) is 0 Å². The number of nitrogens with zero attached hydrogens (tertiary/aromatic N) is 2. The number of hydrogen-bond acceptors (Lipinski definition) is 2. The van der Waals surface area contributed by atoms with Crippen LogP contribution in [0.5, 0.6) is 0 Å². The van der Waals surface area contributed by atoms with Gasteiger partial charge in [-0.15, -0.1) is 0 Å². The van der Waals surface area contributed by atoms with Gasteiger partial charge >= 0.3 is 0 Å². The minimum absolute atomic E-state index is 0.0489. The van der Waals surface area contributed by atoms with E-state index in [1.807, 2.05) is 106 Å². The smallest absolute Gasteiger partial charge is 0.263 e. The molecule has 13 rings (SSSR count). The summed E-state index contributed by atoms with van der Waals surface area (Å²) in [5.74, 6) is 0. The van der Waals surface area contributed by atoms with Crippen molar-refractivity contribution >= 4 is 64.9 Å². The first kappa shape index (κ1) is 39.3. The van der Waals surface area contributed by atoms with Crippen LogP contribution >= 0.6 is 0 Å². The predicted molar refractivity (Wildman–Crippen MR) is 284 cm³/mol. The molecule has 0 aliphatic rings. The highest BCUT2D eigenvalue weighted by molar-refractivity contribution is 6.23. The van der Waals surface area contributed by atoms with Crippen LogP contribution in [0.4, 0.5) is 0 Å². The van der Waals surface area contributed by atoms with E-state index in [-0.39, 0.29) is 11.1 Å². The zero-order valence-corrected chi connectivity index (χ0v) is 36.8. The molecule has 0 spiro atoms. The zero-order chi connectivity index (χ0) is 45.3. The fourth-order valence-corrected chi connectivity index (χ4v) is 10.6. The molecular formula is C64H40N2O2. The topological polar surface area (TPSA) is 44.0 Å². The summed E-state index contributed by atoms with van der Waals surface area (Å²) in [4.78, 5) is 29.1. The van der Waals surface area contributed by atoms with E-state index in [9.17, 15) is 9.59 Å². The van der Waals surface area contributed by atoms with Gasteiger partial charge in [0.2, 0.25) is 0 Å². The second kappa shape index (κ2) is 15.8. The fourth-order valence-electron chi connectivity index (χ4n) is 10.6. The van der Waals surface area contributed by atoms with Gasteiger partial charge in [0.15, 0.2) is 0 Å². The van der Waals surface area contributed by atoms with Crippen LogP contribution in [-0.2, 0) is 0 Å². The van der Waals surface area contributed by atoms with Crippen molar-refractivity contribution < 1.29 is 0 Å². The SMILES string of the molecule is O=c1c2ccccc2c2cc(-c3c4ccccc4c(-c4ccc5c(c4)c4ccccc4c(=O)n5-c4cccc(-c5ccccc5)c4)c4ccccc34)ccc2n1-c1cccc(-c2ccccc2)c1.